The Hall–Kier alpha value is -1.43. The zero-order valence-corrected chi connectivity index (χ0v) is 13.6. The Bertz CT molecular complexity index is 522. The number of hydrogen-bond acceptors (Lipinski definition) is 2. The molecule has 0 aliphatic heterocycles. The van der Waals surface area contributed by atoms with Crippen LogP contribution in [0.1, 0.15) is 43.5 Å². The van der Waals surface area contributed by atoms with Gasteiger partial charge in [0.1, 0.15) is 5.82 Å². The number of aliphatic carboxylic acids is 1. The van der Waals surface area contributed by atoms with Crippen molar-refractivity contribution in [3.8, 4) is 0 Å². The molecule has 1 aromatic carbocycles. The molecule has 1 amide bonds. The molecule has 0 saturated heterocycles. The van der Waals surface area contributed by atoms with Crippen LogP contribution in [0.15, 0.2) is 22.7 Å². The van der Waals surface area contributed by atoms with Crippen LogP contribution in [-0.4, -0.2) is 23.0 Å². The largest absolute Gasteiger partial charge is 0.481 e. The van der Waals surface area contributed by atoms with Crippen molar-refractivity contribution in [1.82, 2.24) is 5.32 Å². The van der Waals surface area contributed by atoms with Gasteiger partial charge in [-0.3, -0.25) is 9.59 Å². The van der Waals surface area contributed by atoms with Gasteiger partial charge in [0, 0.05) is 6.04 Å². The molecule has 0 spiro atoms. The molecule has 0 aromatic heterocycles. The third-order valence-electron chi connectivity index (χ3n) is 3.27. The maximum atomic E-state index is 13.4. The number of nitrogens with one attached hydrogen (secondary N) is 1. The number of carboxylic acids is 1. The summed E-state index contributed by atoms with van der Waals surface area (Å²) < 4.78 is 13.5. The number of hydrogen-bond donors (Lipinski definition) is 2. The molecule has 0 saturated carbocycles. The molecule has 116 valence electrons. The van der Waals surface area contributed by atoms with Crippen molar-refractivity contribution in [3.05, 3.63) is 34.1 Å². The molecule has 0 aliphatic rings. The fourth-order valence-electron chi connectivity index (χ4n) is 1.91. The molecular formula is C15H19BrFNO3. The Morgan fingerprint density at radius 1 is 1.33 bits per heavy atom. The number of carbonyl (C=O) groups excluding carboxylic acids is 1. The number of benzene rings is 1. The van der Waals surface area contributed by atoms with Gasteiger partial charge in [-0.1, -0.05) is 19.4 Å². The van der Waals surface area contributed by atoms with E-state index in [1.165, 1.54) is 12.1 Å². The molecule has 4 nitrogen and oxygen atoms in total. The highest BCUT2D eigenvalue weighted by atomic mass is 79.9. The molecule has 0 heterocycles. The maximum Gasteiger partial charge on any atom is 0.306 e. The Labute approximate surface area is 131 Å². The first-order chi connectivity index (χ1) is 9.82. The smallest absolute Gasteiger partial charge is 0.306 e. The van der Waals surface area contributed by atoms with Gasteiger partial charge in [-0.25, -0.2) is 4.39 Å². The van der Waals surface area contributed by atoms with Crippen molar-refractivity contribution >= 4 is 27.8 Å². The van der Waals surface area contributed by atoms with Crippen LogP contribution in [-0.2, 0) is 4.79 Å². The third kappa shape index (κ3) is 5.46. The van der Waals surface area contributed by atoms with E-state index < -0.39 is 11.8 Å². The second-order valence-electron chi connectivity index (χ2n) is 5.15. The number of amides is 1. The molecule has 0 radical (unpaired) electrons. The first-order valence-electron chi connectivity index (χ1n) is 6.80. The van der Waals surface area contributed by atoms with Gasteiger partial charge in [0.25, 0.3) is 5.91 Å². The van der Waals surface area contributed by atoms with Gasteiger partial charge in [0.15, 0.2) is 0 Å². The van der Waals surface area contributed by atoms with E-state index in [1.54, 1.807) is 13.0 Å². The Balaban J connectivity index is 2.47. The summed E-state index contributed by atoms with van der Waals surface area (Å²) in [7, 11) is 0. The fourth-order valence-corrected chi connectivity index (χ4v) is 2.35. The Morgan fingerprint density at radius 3 is 2.62 bits per heavy atom. The van der Waals surface area contributed by atoms with Gasteiger partial charge in [0.2, 0.25) is 0 Å². The highest BCUT2D eigenvalue weighted by Crippen LogP contribution is 2.20. The highest BCUT2D eigenvalue weighted by Gasteiger charge is 2.16. The van der Waals surface area contributed by atoms with E-state index >= 15 is 0 Å². The lowest BCUT2D eigenvalue weighted by molar-refractivity contribution is -0.141. The first-order valence-corrected chi connectivity index (χ1v) is 7.60. The maximum absolute atomic E-state index is 13.4. The number of rotatable bonds is 7. The summed E-state index contributed by atoms with van der Waals surface area (Å²) in [6.07, 6.45) is 1.95. The molecule has 1 aromatic rings. The summed E-state index contributed by atoms with van der Waals surface area (Å²) in [6.45, 7) is 3.51. The molecule has 0 fully saturated rings. The minimum Gasteiger partial charge on any atom is -0.481 e. The van der Waals surface area contributed by atoms with E-state index in [4.69, 9.17) is 5.11 Å². The molecule has 6 heteroatoms. The summed E-state index contributed by atoms with van der Waals surface area (Å²) in [5.74, 6) is -2.02. The zero-order chi connectivity index (χ0) is 16.0. The van der Waals surface area contributed by atoms with Crippen LogP contribution >= 0.6 is 15.9 Å². The van der Waals surface area contributed by atoms with E-state index in [0.717, 1.165) is 0 Å². The lowest BCUT2D eigenvalue weighted by Crippen LogP contribution is -2.33. The van der Waals surface area contributed by atoms with Gasteiger partial charge >= 0.3 is 5.97 Å². The summed E-state index contributed by atoms with van der Waals surface area (Å²) in [5, 5.41) is 11.6. The Kier molecular flexibility index (Phi) is 6.81. The van der Waals surface area contributed by atoms with Crippen LogP contribution in [0.3, 0.4) is 0 Å². The molecule has 2 unspecified atom stereocenters. The second-order valence-corrected chi connectivity index (χ2v) is 5.94. The predicted octanol–water partition coefficient (Wildman–Crippen LogP) is 3.60. The molecule has 2 N–H and O–H groups in total. The van der Waals surface area contributed by atoms with Crippen LogP contribution < -0.4 is 5.32 Å². The summed E-state index contributed by atoms with van der Waals surface area (Å²) >= 11 is 3.06. The summed E-state index contributed by atoms with van der Waals surface area (Å²) in [6, 6.07) is 4.20. The molecule has 2 atom stereocenters. The van der Waals surface area contributed by atoms with Crippen molar-refractivity contribution in [2.45, 2.75) is 39.2 Å². The first kappa shape index (κ1) is 17.6. The van der Waals surface area contributed by atoms with E-state index in [1.807, 2.05) is 6.92 Å². The SMILES string of the molecule is CC(CCCC(C)C(=O)O)NC(=O)c1cccc(F)c1Br. The van der Waals surface area contributed by atoms with Crippen LogP contribution in [0.4, 0.5) is 4.39 Å². The lowest BCUT2D eigenvalue weighted by Gasteiger charge is -2.15. The minimum atomic E-state index is -0.810. The second kappa shape index (κ2) is 8.12. The van der Waals surface area contributed by atoms with Crippen LogP contribution in [0.2, 0.25) is 0 Å². The van der Waals surface area contributed by atoms with E-state index in [-0.39, 0.29) is 27.9 Å². The van der Waals surface area contributed by atoms with E-state index in [0.29, 0.717) is 19.3 Å². The van der Waals surface area contributed by atoms with E-state index in [2.05, 4.69) is 21.2 Å². The molecule has 1 rings (SSSR count). The topological polar surface area (TPSA) is 66.4 Å². The van der Waals surface area contributed by atoms with Crippen molar-refractivity contribution in [1.29, 1.82) is 0 Å². The molecular weight excluding hydrogens is 341 g/mol. The third-order valence-corrected chi connectivity index (χ3v) is 4.08. The Morgan fingerprint density at radius 2 is 2.00 bits per heavy atom. The normalized spacial score (nSPS) is 13.5. The minimum absolute atomic E-state index is 0.103. The molecule has 0 bridgehead atoms. The van der Waals surface area contributed by atoms with Gasteiger partial charge in [0.05, 0.1) is 16.0 Å². The fraction of sp³-hybridized carbons (Fsp3) is 0.467. The van der Waals surface area contributed by atoms with Crippen LogP contribution in [0.25, 0.3) is 0 Å². The van der Waals surface area contributed by atoms with Gasteiger partial charge < -0.3 is 10.4 Å². The highest BCUT2D eigenvalue weighted by molar-refractivity contribution is 9.10. The molecule has 21 heavy (non-hydrogen) atoms. The van der Waals surface area contributed by atoms with Crippen LogP contribution in [0.5, 0.6) is 0 Å². The van der Waals surface area contributed by atoms with E-state index in [9.17, 15) is 14.0 Å². The quantitative estimate of drug-likeness (QED) is 0.781. The number of halogens is 2. The predicted molar refractivity (Wildman–Crippen MR) is 81.7 cm³/mol. The van der Waals surface area contributed by atoms with Crippen molar-refractivity contribution < 1.29 is 19.1 Å². The zero-order valence-electron chi connectivity index (χ0n) is 12.0. The summed E-state index contributed by atoms with van der Waals surface area (Å²) in [4.78, 5) is 22.7. The average molecular weight is 360 g/mol. The van der Waals surface area contributed by atoms with Crippen molar-refractivity contribution in [3.63, 3.8) is 0 Å². The van der Waals surface area contributed by atoms with Gasteiger partial charge in [-0.2, -0.15) is 0 Å². The van der Waals surface area contributed by atoms with Gasteiger partial charge in [-0.15, -0.1) is 0 Å². The standard InChI is InChI=1S/C15H19BrFNO3/c1-9(15(20)21)5-3-6-10(2)18-14(19)11-7-4-8-12(17)13(11)16/h4,7-10H,3,5-6H2,1-2H3,(H,18,19)(H,20,21). The molecule has 0 aliphatic carbocycles. The average Bonchev–Trinajstić information content (AvgIpc) is 2.41. The van der Waals surface area contributed by atoms with Crippen molar-refractivity contribution in [2.75, 3.05) is 0 Å². The monoisotopic (exact) mass is 359 g/mol. The van der Waals surface area contributed by atoms with Crippen LogP contribution in [0, 0.1) is 11.7 Å². The van der Waals surface area contributed by atoms with Gasteiger partial charge in [-0.05, 0) is 47.8 Å². The summed E-state index contributed by atoms with van der Waals surface area (Å²) in [5.41, 5.74) is 0.251. The number of carboxylic acid groups (broad SMARTS) is 1. The van der Waals surface area contributed by atoms with Crippen molar-refractivity contribution in [2.24, 2.45) is 5.92 Å². The lowest BCUT2D eigenvalue weighted by atomic mass is 10.0. The number of carbonyl (C=O) groups is 2.